The van der Waals surface area contributed by atoms with Gasteiger partial charge in [0.15, 0.2) is 0 Å². The first-order valence-corrected chi connectivity index (χ1v) is 6.98. The Bertz CT molecular complexity index is 343. The second-order valence-corrected chi connectivity index (χ2v) is 8.48. The second-order valence-electron chi connectivity index (χ2n) is 6.20. The summed E-state index contributed by atoms with van der Waals surface area (Å²) in [5.74, 6) is -0.157. The van der Waals surface area contributed by atoms with Crippen molar-refractivity contribution in [2.24, 2.45) is 16.7 Å². The molecule has 0 aromatic rings. The largest absolute Gasteiger partial charge is 0.458 e. The molecule has 2 saturated carbocycles. The van der Waals surface area contributed by atoms with Crippen LogP contribution in [0.4, 0.5) is 0 Å². The molecule has 0 spiro atoms. The summed E-state index contributed by atoms with van der Waals surface area (Å²) in [6.07, 6.45) is 3.22. The highest BCUT2D eigenvalue weighted by Gasteiger charge is 2.62. The number of ether oxygens (including phenoxy) is 1. The number of halogens is 3. The zero-order chi connectivity index (χ0) is 13.1. The maximum atomic E-state index is 11.7. The van der Waals surface area contributed by atoms with Crippen LogP contribution in [0.25, 0.3) is 0 Å². The molecular weight excluding hydrogens is 282 g/mol. The van der Waals surface area contributed by atoms with Gasteiger partial charge in [-0.25, -0.2) is 4.79 Å². The summed E-state index contributed by atoms with van der Waals surface area (Å²) in [4.78, 5) is 11.7. The fourth-order valence-electron chi connectivity index (χ4n) is 3.72. The van der Waals surface area contributed by atoms with Gasteiger partial charge in [-0.3, -0.25) is 0 Å². The molecule has 0 N–H and O–H groups in total. The van der Waals surface area contributed by atoms with Crippen LogP contribution < -0.4 is 0 Å². The number of carbonyl (C=O) groups excluding carboxylic acids is 1. The van der Waals surface area contributed by atoms with Gasteiger partial charge in [0, 0.05) is 10.8 Å². The minimum absolute atomic E-state index is 0.0292. The van der Waals surface area contributed by atoms with Crippen LogP contribution in [0.2, 0.25) is 0 Å². The Labute approximate surface area is 117 Å². The Balaban J connectivity index is 2.19. The number of hydrogen-bond acceptors (Lipinski definition) is 2. The van der Waals surface area contributed by atoms with Crippen molar-refractivity contribution in [1.82, 2.24) is 0 Å². The molecule has 2 fully saturated rings. The fourth-order valence-corrected chi connectivity index (χ4v) is 3.86. The molecule has 98 valence electrons. The van der Waals surface area contributed by atoms with Crippen molar-refractivity contribution in [2.45, 2.75) is 49.9 Å². The zero-order valence-corrected chi connectivity index (χ0v) is 12.5. The molecule has 0 heterocycles. The zero-order valence-electron chi connectivity index (χ0n) is 10.2. The predicted octanol–water partition coefficient (Wildman–Crippen LogP) is 4.11. The first-order valence-electron chi connectivity index (χ1n) is 5.85. The first-order chi connectivity index (χ1) is 7.57. The molecule has 2 rings (SSSR count). The molecule has 2 aliphatic rings. The first kappa shape index (κ1) is 13.8. The van der Waals surface area contributed by atoms with Crippen molar-refractivity contribution in [2.75, 3.05) is 0 Å². The lowest BCUT2D eigenvalue weighted by atomic mass is 9.70. The van der Waals surface area contributed by atoms with Crippen molar-refractivity contribution in [3.05, 3.63) is 0 Å². The van der Waals surface area contributed by atoms with Crippen molar-refractivity contribution < 1.29 is 9.53 Å². The highest BCUT2D eigenvalue weighted by atomic mass is 35.6. The normalized spacial score (nSPS) is 39.4. The molecule has 3 unspecified atom stereocenters. The van der Waals surface area contributed by atoms with Crippen molar-refractivity contribution in [3.8, 4) is 0 Å². The lowest BCUT2D eigenvalue weighted by molar-refractivity contribution is -0.163. The molecule has 0 radical (unpaired) electrons. The number of alkyl halides is 3. The third kappa shape index (κ3) is 2.17. The molecule has 2 bridgehead atoms. The van der Waals surface area contributed by atoms with Gasteiger partial charge in [-0.15, -0.1) is 0 Å². The Morgan fingerprint density at radius 3 is 2.29 bits per heavy atom. The Morgan fingerprint density at radius 2 is 1.88 bits per heavy atom. The third-order valence-electron chi connectivity index (χ3n) is 4.59. The summed E-state index contributed by atoms with van der Waals surface area (Å²) in [5.41, 5.74) is 0.0122. The monoisotopic (exact) mass is 298 g/mol. The van der Waals surface area contributed by atoms with Gasteiger partial charge < -0.3 is 4.74 Å². The SMILES string of the molecule is CC12CCC(C1)C(C)(C)C2OC(=O)C(Cl)(Cl)Cl. The van der Waals surface area contributed by atoms with Crippen molar-refractivity contribution in [1.29, 1.82) is 0 Å². The molecule has 0 aromatic heterocycles. The minimum atomic E-state index is -1.98. The van der Waals surface area contributed by atoms with Crippen molar-refractivity contribution >= 4 is 40.8 Å². The maximum Gasteiger partial charge on any atom is 0.358 e. The molecule has 2 aliphatic carbocycles. The quantitative estimate of drug-likeness (QED) is 0.538. The van der Waals surface area contributed by atoms with Gasteiger partial charge in [-0.05, 0) is 25.2 Å². The van der Waals surface area contributed by atoms with Gasteiger partial charge >= 0.3 is 5.97 Å². The smallest absolute Gasteiger partial charge is 0.358 e. The van der Waals surface area contributed by atoms with Gasteiger partial charge in [-0.1, -0.05) is 55.6 Å². The summed E-state index contributed by atoms with van der Waals surface area (Å²) in [6.45, 7) is 6.44. The number of rotatable bonds is 1. The van der Waals surface area contributed by atoms with Crippen LogP contribution in [0.3, 0.4) is 0 Å². The van der Waals surface area contributed by atoms with Crippen molar-refractivity contribution in [3.63, 3.8) is 0 Å². The summed E-state index contributed by atoms with van der Waals surface area (Å²) < 4.78 is 3.52. The predicted molar refractivity (Wildman–Crippen MR) is 69.4 cm³/mol. The highest BCUT2D eigenvalue weighted by molar-refractivity contribution is 6.75. The molecule has 2 nitrogen and oxygen atoms in total. The molecule has 3 atom stereocenters. The highest BCUT2D eigenvalue weighted by Crippen LogP contribution is 2.63. The summed E-state index contributed by atoms with van der Waals surface area (Å²) in [7, 11) is 0. The average Bonchev–Trinajstić information content (AvgIpc) is 2.62. The molecule has 0 saturated heterocycles. The van der Waals surface area contributed by atoms with Gasteiger partial charge in [0.05, 0.1) is 0 Å². The molecule has 0 aromatic carbocycles. The van der Waals surface area contributed by atoms with Crippen LogP contribution in [0.5, 0.6) is 0 Å². The standard InChI is InChI=1S/C12H17Cl3O2/c1-10(2)7-4-5-11(3,6-7)8(10)17-9(16)12(13,14)15/h7-8H,4-6H2,1-3H3. The van der Waals surface area contributed by atoms with E-state index >= 15 is 0 Å². The molecule has 0 amide bonds. The Hall–Kier alpha value is 0.340. The summed E-state index contributed by atoms with van der Waals surface area (Å²) >= 11 is 16.7. The van der Waals surface area contributed by atoms with E-state index in [1.807, 2.05) is 0 Å². The number of fused-ring (bicyclic) bond motifs is 2. The van der Waals surface area contributed by atoms with Crippen LogP contribution in [-0.4, -0.2) is 15.9 Å². The maximum absolute atomic E-state index is 11.7. The van der Waals surface area contributed by atoms with E-state index in [1.54, 1.807) is 0 Å². The van der Waals surface area contributed by atoms with E-state index in [9.17, 15) is 4.79 Å². The average molecular weight is 300 g/mol. The van der Waals surface area contributed by atoms with E-state index in [1.165, 1.54) is 6.42 Å². The van der Waals surface area contributed by atoms with Crippen LogP contribution in [0.15, 0.2) is 0 Å². The Morgan fingerprint density at radius 1 is 1.29 bits per heavy atom. The topological polar surface area (TPSA) is 26.3 Å². The van der Waals surface area contributed by atoms with Gasteiger partial charge in [0.2, 0.25) is 0 Å². The third-order valence-corrected chi connectivity index (χ3v) is 5.06. The van der Waals surface area contributed by atoms with E-state index in [0.29, 0.717) is 5.92 Å². The van der Waals surface area contributed by atoms with Crippen LogP contribution in [0.1, 0.15) is 40.0 Å². The molecule has 5 heteroatoms. The lowest BCUT2D eigenvalue weighted by Crippen LogP contribution is -2.45. The lowest BCUT2D eigenvalue weighted by Gasteiger charge is -2.42. The van der Waals surface area contributed by atoms with Gasteiger partial charge in [-0.2, -0.15) is 0 Å². The molecule has 17 heavy (non-hydrogen) atoms. The number of hydrogen-bond donors (Lipinski definition) is 0. The molecule has 0 aliphatic heterocycles. The van der Waals surface area contributed by atoms with Crippen LogP contribution in [-0.2, 0) is 9.53 Å². The van der Waals surface area contributed by atoms with E-state index < -0.39 is 9.76 Å². The Kier molecular flexibility index (Phi) is 3.17. The fraction of sp³-hybridized carbons (Fsp3) is 0.917. The van der Waals surface area contributed by atoms with E-state index in [4.69, 9.17) is 39.5 Å². The van der Waals surface area contributed by atoms with Gasteiger partial charge in [0.1, 0.15) is 6.10 Å². The summed E-state index contributed by atoms with van der Waals surface area (Å²) in [5, 5.41) is 0. The minimum Gasteiger partial charge on any atom is -0.458 e. The van der Waals surface area contributed by atoms with Crippen LogP contribution in [0, 0.1) is 16.7 Å². The van der Waals surface area contributed by atoms with Gasteiger partial charge in [0.25, 0.3) is 3.79 Å². The second kappa shape index (κ2) is 3.91. The van der Waals surface area contributed by atoms with E-state index in [-0.39, 0.29) is 16.9 Å². The molecular formula is C12H17Cl3O2. The number of esters is 1. The van der Waals surface area contributed by atoms with E-state index in [0.717, 1.165) is 12.8 Å². The summed E-state index contributed by atoms with van der Waals surface area (Å²) in [6, 6.07) is 0. The van der Waals surface area contributed by atoms with E-state index in [2.05, 4.69) is 20.8 Å². The van der Waals surface area contributed by atoms with Crippen LogP contribution >= 0.6 is 34.8 Å². The number of carbonyl (C=O) groups is 1.